The van der Waals surface area contributed by atoms with Crippen LogP contribution >= 0.6 is 0 Å². The molecule has 0 saturated carbocycles. The highest BCUT2D eigenvalue weighted by molar-refractivity contribution is 6.21. The van der Waals surface area contributed by atoms with Gasteiger partial charge in [0.25, 0.3) is 17.4 Å². The number of aryl methyl sites for hydroxylation is 2. The number of nitrogens with one attached hydrogen (secondary N) is 1. The second-order valence-electron chi connectivity index (χ2n) is 6.67. The van der Waals surface area contributed by atoms with Crippen molar-refractivity contribution in [1.82, 2.24) is 9.88 Å². The average molecular weight is 346 g/mol. The van der Waals surface area contributed by atoms with Gasteiger partial charge in [-0.15, -0.1) is 0 Å². The van der Waals surface area contributed by atoms with Gasteiger partial charge in [0.1, 0.15) is 0 Å². The number of carbonyl (C=O) groups excluding carboxylic acids is 2. The number of carbonyl (C=O) groups is 2. The molecule has 0 unspecified atom stereocenters. The number of aromatic nitrogens is 1. The van der Waals surface area contributed by atoms with Crippen molar-refractivity contribution < 1.29 is 9.59 Å². The van der Waals surface area contributed by atoms with Crippen LogP contribution in [0.1, 0.15) is 37.4 Å². The van der Waals surface area contributed by atoms with Gasteiger partial charge in [-0.2, -0.15) is 0 Å². The first-order valence-electron chi connectivity index (χ1n) is 8.54. The molecule has 2 heterocycles. The quantitative estimate of drug-likeness (QED) is 0.741. The summed E-state index contributed by atoms with van der Waals surface area (Å²) in [4.78, 5) is 41.5. The van der Waals surface area contributed by atoms with E-state index in [2.05, 4.69) is 4.98 Å². The van der Waals surface area contributed by atoms with Crippen LogP contribution in [-0.4, -0.2) is 28.2 Å². The third-order valence-electron chi connectivity index (χ3n) is 5.00. The first kappa shape index (κ1) is 16.3. The number of benzene rings is 2. The minimum absolute atomic E-state index is 0.178. The summed E-state index contributed by atoms with van der Waals surface area (Å²) in [6.07, 6.45) is 0.324. The van der Waals surface area contributed by atoms with E-state index >= 15 is 0 Å². The first-order chi connectivity index (χ1) is 12.5. The number of amides is 2. The van der Waals surface area contributed by atoms with E-state index in [-0.39, 0.29) is 23.9 Å². The van der Waals surface area contributed by atoms with E-state index in [1.54, 1.807) is 24.3 Å². The normalized spacial score (nSPS) is 13.5. The number of H-pyrrole nitrogens is 1. The third kappa shape index (κ3) is 2.44. The fourth-order valence-corrected chi connectivity index (χ4v) is 3.48. The summed E-state index contributed by atoms with van der Waals surface area (Å²) in [6.45, 7) is 4.13. The van der Waals surface area contributed by atoms with Gasteiger partial charge in [0.05, 0.1) is 16.6 Å². The average Bonchev–Trinajstić information content (AvgIpc) is 2.88. The lowest BCUT2D eigenvalue weighted by molar-refractivity contribution is 0.0656. The topological polar surface area (TPSA) is 70.2 Å². The van der Waals surface area contributed by atoms with Crippen LogP contribution in [-0.2, 0) is 6.42 Å². The molecule has 1 aliphatic rings. The molecule has 26 heavy (non-hydrogen) atoms. The van der Waals surface area contributed by atoms with Crippen molar-refractivity contribution in [3.05, 3.63) is 80.6 Å². The predicted molar refractivity (Wildman–Crippen MR) is 99.6 cm³/mol. The molecule has 0 aliphatic carbocycles. The van der Waals surface area contributed by atoms with Crippen molar-refractivity contribution in [2.75, 3.05) is 6.54 Å². The molecule has 1 N–H and O–H groups in total. The molecule has 0 atom stereocenters. The molecule has 2 amide bonds. The highest BCUT2D eigenvalue weighted by Gasteiger charge is 2.34. The van der Waals surface area contributed by atoms with Gasteiger partial charge in [0.15, 0.2) is 0 Å². The molecule has 2 aromatic carbocycles. The molecule has 0 spiro atoms. The van der Waals surface area contributed by atoms with Crippen molar-refractivity contribution in [3.63, 3.8) is 0 Å². The molecule has 1 aromatic heterocycles. The van der Waals surface area contributed by atoms with Crippen LogP contribution in [0.5, 0.6) is 0 Å². The molecule has 5 heteroatoms. The highest BCUT2D eigenvalue weighted by atomic mass is 16.2. The number of hydrogen-bond acceptors (Lipinski definition) is 3. The van der Waals surface area contributed by atoms with Gasteiger partial charge in [-0.25, -0.2) is 0 Å². The van der Waals surface area contributed by atoms with Crippen LogP contribution in [0.4, 0.5) is 0 Å². The summed E-state index contributed by atoms with van der Waals surface area (Å²) < 4.78 is 0. The van der Waals surface area contributed by atoms with Crippen molar-refractivity contribution in [3.8, 4) is 0 Å². The van der Waals surface area contributed by atoms with Crippen LogP contribution in [0.3, 0.4) is 0 Å². The van der Waals surface area contributed by atoms with Crippen LogP contribution in [0.25, 0.3) is 10.9 Å². The predicted octanol–water partition coefficient (Wildman–Crippen LogP) is 2.98. The zero-order valence-electron chi connectivity index (χ0n) is 14.6. The highest BCUT2D eigenvalue weighted by Crippen LogP contribution is 2.23. The van der Waals surface area contributed by atoms with E-state index in [9.17, 15) is 14.4 Å². The smallest absolute Gasteiger partial charge is 0.261 e. The van der Waals surface area contributed by atoms with Crippen LogP contribution in [0.15, 0.2) is 47.3 Å². The lowest BCUT2D eigenvalue weighted by Crippen LogP contribution is -2.32. The maximum atomic E-state index is 12.4. The Labute approximate surface area is 150 Å². The minimum Gasteiger partial charge on any atom is -0.321 e. The van der Waals surface area contributed by atoms with Crippen molar-refractivity contribution in [2.45, 2.75) is 20.3 Å². The van der Waals surface area contributed by atoms with Crippen LogP contribution < -0.4 is 5.56 Å². The Hall–Kier alpha value is -3.21. The molecule has 130 valence electrons. The Bertz CT molecular complexity index is 1090. The van der Waals surface area contributed by atoms with Gasteiger partial charge < -0.3 is 4.98 Å². The van der Waals surface area contributed by atoms with Crippen molar-refractivity contribution >= 4 is 22.7 Å². The summed E-state index contributed by atoms with van der Waals surface area (Å²) >= 11 is 0. The maximum absolute atomic E-state index is 12.4. The molecule has 0 fully saturated rings. The Balaban J connectivity index is 1.64. The van der Waals surface area contributed by atoms with Crippen LogP contribution in [0, 0.1) is 13.8 Å². The molecular formula is C21H18N2O3. The van der Waals surface area contributed by atoms with Gasteiger partial charge in [0, 0.05) is 17.5 Å². The zero-order valence-corrected chi connectivity index (χ0v) is 14.6. The fourth-order valence-electron chi connectivity index (χ4n) is 3.48. The van der Waals surface area contributed by atoms with Gasteiger partial charge >= 0.3 is 0 Å². The third-order valence-corrected chi connectivity index (χ3v) is 5.00. The Morgan fingerprint density at radius 2 is 1.50 bits per heavy atom. The SMILES string of the molecule is Cc1ccc(C)c2[nH]c(=O)c(CCN3C(=O)c4ccccc4C3=O)cc12. The summed E-state index contributed by atoms with van der Waals surface area (Å²) in [5, 5.41) is 0.988. The Morgan fingerprint density at radius 3 is 2.15 bits per heavy atom. The molecule has 5 nitrogen and oxygen atoms in total. The van der Waals surface area contributed by atoms with E-state index in [1.165, 1.54) is 4.90 Å². The lowest BCUT2D eigenvalue weighted by Gasteiger charge is -2.14. The van der Waals surface area contributed by atoms with Crippen molar-refractivity contribution in [1.29, 1.82) is 0 Å². The summed E-state index contributed by atoms with van der Waals surface area (Å²) in [5.41, 5.74) is 4.16. The van der Waals surface area contributed by atoms with Gasteiger partial charge in [-0.05, 0) is 49.6 Å². The fraction of sp³-hybridized carbons (Fsp3) is 0.190. The maximum Gasteiger partial charge on any atom is 0.261 e. The standard InChI is InChI=1S/C21H18N2O3/c1-12-7-8-13(2)18-17(12)11-14(19(24)22-18)9-10-23-20(25)15-5-3-4-6-16(15)21(23)26/h3-8,11H,9-10H2,1-2H3,(H,22,24). The van der Waals surface area contributed by atoms with E-state index in [1.807, 2.05) is 32.0 Å². The largest absolute Gasteiger partial charge is 0.321 e. The van der Waals surface area contributed by atoms with Gasteiger partial charge in [-0.3, -0.25) is 19.3 Å². The first-order valence-corrected chi connectivity index (χ1v) is 8.54. The molecule has 4 rings (SSSR count). The Kier molecular flexibility index (Phi) is 3.72. The number of nitrogens with zero attached hydrogens (tertiary/aromatic N) is 1. The molecule has 0 radical (unpaired) electrons. The van der Waals surface area contributed by atoms with E-state index in [0.29, 0.717) is 23.1 Å². The zero-order chi connectivity index (χ0) is 18.4. The summed E-state index contributed by atoms with van der Waals surface area (Å²) in [7, 11) is 0. The monoisotopic (exact) mass is 346 g/mol. The second-order valence-corrected chi connectivity index (χ2v) is 6.67. The molecular weight excluding hydrogens is 328 g/mol. The molecule has 0 saturated heterocycles. The molecule has 3 aromatic rings. The van der Waals surface area contributed by atoms with Gasteiger partial charge in [0.2, 0.25) is 0 Å². The number of pyridine rings is 1. The molecule has 1 aliphatic heterocycles. The van der Waals surface area contributed by atoms with E-state index in [0.717, 1.165) is 22.0 Å². The number of imide groups is 1. The summed E-state index contributed by atoms with van der Waals surface area (Å²) in [5.74, 6) is -0.593. The van der Waals surface area contributed by atoms with E-state index in [4.69, 9.17) is 0 Å². The van der Waals surface area contributed by atoms with Crippen molar-refractivity contribution in [2.24, 2.45) is 0 Å². The summed E-state index contributed by atoms with van der Waals surface area (Å²) in [6, 6.07) is 12.7. The number of hydrogen-bond donors (Lipinski definition) is 1. The Morgan fingerprint density at radius 1 is 0.885 bits per heavy atom. The number of rotatable bonds is 3. The van der Waals surface area contributed by atoms with E-state index < -0.39 is 0 Å². The number of fused-ring (bicyclic) bond motifs is 2. The minimum atomic E-state index is -0.296. The molecule has 0 bridgehead atoms. The van der Waals surface area contributed by atoms with Gasteiger partial charge in [-0.1, -0.05) is 24.3 Å². The second kappa shape index (κ2) is 5.95. The van der Waals surface area contributed by atoms with Crippen LogP contribution in [0.2, 0.25) is 0 Å². The lowest BCUT2D eigenvalue weighted by atomic mass is 10.0. The number of aromatic amines is 1.